The summed E-state index contributed by atoms with van der Waals surface area (Å²) in [7, 11) is 0. The van der Waals surface area contributed by atoms with Crippen LogP contribution in [0.2, 0.25) is 5.02 Å². The fourth-order valence-corrected chi connectivity index (χ4v) is 2.23. The molecule has 0 aliphatic heterocycles. The zero-order valence-electron chi connectivity index (χ0n) is 11.1. The minimum absolute atomic E-state index is 0.294. The van der Waals surface area contributed by atoms with Gasteiger partial charge in [-0.25, -0.2) is 0 Å². The summed E-state index contributed by atoms with van der Waals surface area (Å²) >= 11 is 5.89. The molecule has 2 aromatic heterocycles. The van der Waals surface area contributed by atoms with Crippen molar-refractivity contribution in [1.82, 2.24) is 0 Å². The van der Waals surface area contributed by atoms with Crippen LogP contribution in [-0.2, 0) is 0 Å². The van der Waals surface area contributed by atoms with E-state index >= 15 is 0 Å². The summed E-state index contributed by atoms with van der Waals surface area (Å²) in [6, 6.07) is 11.1. The van der Waals surface area contributed by atoms with E-state index in [1.54, 1.807) is 30.3 Å². The summed E-state index contributed by atoms with van der Waals surface area (Å²) < 4.78 is 5.76. The number of hydrogen-bond donors (Lipinski definition) is 0. The van der Waals surface area contributed by atoms with Crippen LogP contribution in [0.3, 0.4) is 0 Å². The standard InChI is InChI=1S/C15H9ClN2O4/c16-11-2-7-14-10(9-11)1-3-12(17(14)19)4-5-13-6-8-15(22-13)18(20)21/h1-9H/b5-4+. The van der Waals surface area contributed by atoms with Gasteiger partial charge >= 0.3 is 5.88 Å². The molecule has 0 aliphatic carbocycles. The maximum atomic E-state index is 12.3. The fraction of sp³-hybridized carbons (Fsp3) is 0. The van der Waals surface area contributed by atoms with Crippen molar-refractivity contribution in [3.8, 4) is 0 Å². The minimum atomic E-state index is -0.620. The minimum Gasteiger partial charge on any atom is -0.618 e. The Balaban J connectivity index is 1.96. The van der Waals surface area contributed by atoms with Crippen molar-refractivity contribution < 1.29 is 14.1 Å². The maximum absolute atomic E-state index is 12.3. The van der Waals surface area contributed by atoms with Crippen molar-refractivity contribution in [2.24, 2.45) is 0 Å². The third-order valence-electron chi connectivity index (χ3n) is 3.09. The van der Waals surface area contributed by atoms with E-state index in [1.807, 2.05) is 0 Å². The third-order valence-corrected chi connectivity index (χ3v) is 3.32. The van der Waals surface area contributed by atoms with Gasteiger partial charge in [0.05, 0.1) is 6.07 Å². The molecule has 0 fully saturated rings. The average Bonchev–Trinajstić information content (AvgIpc) is 2.95. The van der Waals surface area contributed by atoms with E-state index in [9.17, 15) is 15.3 Å². The van der Waals surface area contributed by atoms with Gasteiger partial charge < -0.3 is 9.62 Å². The molecule has 2 heterocycles. The first-order valence-electron chi connectivity index (χ1n) is 6.29. The normalized spacial score (nSPS) is 11.3. The number of furan rings is 1. The number of fused-ring (bicyclic) bond motifs is 1. The lowest BCUT2D eigenvalue weighted by molar-refractivity contribution is -0.579. The number of rotatable bonds is 3. The van der Waals surface area contributed by atoms with E-state index in [1.165, 1.54) is 24.3 Å². The zero-order chi connectivity index (χ0) is 15.7. The summed E-state index contributed by atoms with van der Waals surface area (Å²) in [5.41, 5.74) is 0.867. The van der Waals surface area contributed by atoms with Crippen LogP contribution in [0.25, 0.3) is 23.1 Å². The Morgan fingerprint density at radius 1 is 1.14 bits per heavy atom. The number of aromatic nitrogens is 1. The summed E-state index contributed by atoms with van der Waals surface area (Å²) in [6.45, 7) is 0. The summed E-state index contributed by atoms with van der Waals surface area (Å²) in [4.78, 5) is 9.92. The Labute approximate surface area is 129 Å². The molecule has 0 aliphatic rings. The first-order valence-corrected chi connectivity index (χ1v) is 6.66. The molecule has 22 heavy (non-hydrogen) atoms. The highest BCUT2D eigenvalue weighted by molar-refractivity contribution is 6.31. The van der Waals surface area contributed by atoms with Crippen LogP contribution in [0, 0.1) is 15.3 Å². The highest BCUT2D eigenvalue weighted by atomic mass is 35.5. The number of halogens is 1. The summed E-state index contributed by atoms with van der Waals surface area (Å²) in [5, 5.41) is 24.1. The zero-order valence-corrected chi connectivity index (χ0v) is 11.9. The maximum Gasteiger partial charge on any atom is 0.433 e. The Hall–Kier alpha value is -2.86. The molecule has 0 amide bonds. The molecule has 0 N–H and O–H groups in total. The number of benzene rings is 1. The molecule has 0 bridgehead atoms. The second-order valence-electron chi connectivity index (χ2n) is 4.52. The SMILES string of the molecule is O=[N+]([O-])c1ccc(/C=C/c2ccc3cc(Cl)ccc3[n+]2[O-])o1. The number of hydrogen-bond acceptors (Lipinski definition) is 4. The summed E-state index contributed by atoms with van der Waals surface area (Å²) in [6.07, 6.45) is 3.03. The number of nitro groups is 1. The van der Waals surface area contributed by atoms with Gasteiger partial charge in [0.1, 0.15) is 10.7 Å². The van der Waals surface area contributed by atoms with Crippen molar-refractivity contribution >= 4 is 40.5 Å². The third kappa shape index (κ3) is 2.64. The van der Waals surface area contributed by atoms with Crippen molar-refractivity contribution in [2.45, 2.75) is 0 Å². The summed E-state index contributed by atoms with van der Waals surface area (Å²) in [5.74, 6) is -0.0503. The van der Waals surface area contributed by atoms with Gasteiger partial charge in [-0.2, -0.15) is 4.73 Å². The smallest absolute Gasteiger partial charge is 0.433 e. The van der Waals surface area contributed by atoms with Crippen LogP contribution in [0.15, 0.2) is 46.9 Å². The van der Waals surface area contributed by atoms with Gasteiger partial charge in [0.2, 0.25) is 11.2 Å². The van der Waals surface area contributed by atoms with Crippen LogP contribution in [-0.4, -0.2) is 4.92 Å². The van der Waals surface area contributed by atoms with Gasteiger partial charge in [-0.15, -0.1) is 0 Å². The van der Waals surface area contributed by atoms with Crippen molar-refractivity contribution in [2.75, 3.05) is 0 Å². The molecule has 0 unspecified atom stereocenters. The lowest BCUT2D eigenvalue weighted by Gasteiger charge is -2.04. The molecule has 3 rings (SSSR count). The predicted octanol–water partition coefficient (Wildman–Crippen LogP) is 3.80. The van der Waals surface area contributed by atoms with Gasteiger partial charge in [0.15, 0.2) is 0 Å². The fourth-order valence-electron chi connectivity index (χ4n) is 2.05. The number of pyridine rings is 1. The molecule has 3 aromatic rings. The molecule has 0 radical (unpaired) electrons. The van der Waals surface area contributed by atoms with Gasteiger partial charge in [0.25, 0.3) is 0 Å². The van der Waals surface area contributed by atoms with Gasteiger partial charge in [-0.3, -0.25) is 10.1 Å². The van der Waals surface area contributed by atoms with E-state index < -0.39 is 4.92 Å². The molecule has 0 spiro atoms. The van der Waals surface area contributed by atoms with E-state index in [2.05, 4.69) is 0 Å². The topological polar surface area (TPSA) is 83.2 Å². The second-order valence-corrected chi connectivity index (χ2v) is 4.96. The molecule has 0 atom stereocenters. The average molecular weight is 317 g/mol. The molecule has 110 valence electrons. The van der Waals surface area contributed by atoms with Crippen LogP contribution >= 0.6 is 11.6 Å². The number of nitrogens with zero attached hydrogens (tertiary/aromatic N) is 2. The van der Waals surface area contributed by atoms with Gasteiger partial charge in [-0.05, 0) is 30.3 Å². The predicted molar refractivity (Wildman–Crippen MR) is 82.2 cm³/mol. The molecular weight excluding hydrogens is 308 g/mol. The largest absolute Gasteiger partial charge is 0.618 e. The Bertz CT molecular complexity index is 902. The first kappa shape index (κ1) is 14.1. The van der Waals surface area contributed by atoms with Crippen molar-refractivity contribution in [1.29, 1.82) is 0 Å². The highest BCUT2D eigenvalue weighted by Crippen LogP contribution is 2.19. The lowest BCUT2D eigenvalue weighted by atomic mass is 10.2. The quantitative estimate of drug-likeness (QED) is 0.318. The monoisotopic (exact) mass is 316 g/mol. The van der Waals surface area contributed by atoms with Crippen molar-refractivity contribution in [3.63, 3.8) is 0 Å². The lowest BCUT2D eigenvalue weighted by Crippen LogP contribution is -2.30. The van der Waals surface area contributed by atoms with Crippen LogP contribution in [0.4, 0.5) is 5.88 Å². The van der Waals surface area contributed by atoms with E-state index in [0.29, 0.717) is 22.0 Å². The molecule has 6 nitrogen and oxygen atoms in total. The molecule has 7 heteroatoms. The molecular formula is C15H9ClN2O4. The van der Waals surface area contributed by atoms with E-state index in [4.69, 9.17) is 16.0 Å². The van der Waals surface area contributed by atoms with E-state index in [-0.39, 0.29) is 5.88 Å². The molecule has 1 aromatic carbocycles. The molecule has 0 saturated carbocycles. The second kappa shape index (κ2) is 5.50. The highest BCUT2D eigenvalue weighted by Gasteiger charge is 2.11. The molecule has 0 saturated heterocycles. The Morgan fingerprint density at radius 2 is 1.95 bits per heavy atom. The first-order chi connectivity index (χ1) is 10.5. The van der Waals surface area contributed by atoms with E-state index in [0.717, 1.165) is 10.1 Å². The van der Waals surface area contributed by atoms with Crippen LogP contribution < -0.4 is 4.73 Å². The van der Waals surface area contributed by atoms with Crippen LogP contribution in [0.5, 0.6) is 0 Å². The Kier molecular flexibility index (Phi) is 3.52. The van der Waals surface area contributed by atoms with Crippen molar-refractivity contribution in [3.05, 3.63) is 74.3 Å². The Morgan fingerprint density at radius 3 is 2.68 bits per heavy atom. The van der Waals surface area contributed by atoms with Gasteiger partial charge in [0, 0.05) is 28.6 Å². The van der Waals surface area contributed by atoms with Gasteiger partial charge in [-0.1, -0.05) is 11.6 Å². The van der Waals surface area contributed by atoms with Crippen LogP contribution in [0.1, 0.15) is 11.5 Å².